The van der Waals surface area contributed by atoms with E-state index in [0.29, 0.717) is 6.61 Å². The van der Waals surface area contributed by atoms with E-state index >= 15 is 0 Å². The zero-order chi connectivity index (χ0) is 14.2. The number of nitrogens with one attached hydrogen (secondary N) is 1. The van der Waals surface area contributed by atoms with Crippen LogP contribution in [0.3, 0.4) is 0 Å². The Morgan fingerprint density at radius 2 is 2.05 bits per heavy atom. The van der Waals surface area contributed by atoms with Gasteiger partial charge in [-0.2, -0.15) is 0 Å². The van der Waals surface area contributed by atoms with E-state index in [2.05, 4.69) is 27.1 Å². The van der Waals surface area contributed by atoms with Gasteiger partial charge in [-0.1, -0.05) is 13.3 Å². The van der Waals surface area contributed by atoms with Crippen molar-refractivity contribution in [3.05, 3.63) is 18.0 Å². The number of aromatic nitrogens is 2. The van der Waals surface area contributed by atoms with Crippen LogP contribution in [0.4, 0.5) is 5.95 Å². The molecule has 0 aliphatic carbocycles. The number of piperazine rings is 1. The van der Waals surface area contributed by atoms with Gasteiger partial charge in [0.05, 0.1) is 13.0 Å². The third-order valence-electron chi connectivity index (χ3n) is 3.20. The molecule has 1 N–H and O–H groups in total. The van der Waals surface area contributed by atoms with Gasteiger partial charge in [-0.15, -0.1) is 0 Å². The van der Waals surface area contributed by atoms with E-state index in [4.69, 9.17) is 4.74 Å². The number of hydrogen-bond donors (Lipinski definition) is 1. The summed E-state index contributed by atoms with van der Waals surface area (Å²) in [6.45, 7) is 6.30. The fourth-order valence-corrected chi connectivity index (χ4v) is 2.02. The Labute approximate surface area is 119 Å². The molecule has 2 heterocycles. The van der Waals surface area contributed by atoms with Crippen molar-refractivity contribution in [3.63, 3.8) is 0 Å². The van der Waals surface area contributed by atoms with Crippen LogP contribution in [-0.2, 0) is 16.0 Å². The molecule has 0 atom stereocenters. The van der Waals surface area contributed by atoms with Gasteiger partial charge in [0.1, 0.15) is 0 Å². The van der Waals surface area contributed by atoms with Crippen LogP contribution >= 0.6 is 0 Å². The van der Waals surface area contributed by atoms with Crippen LogP contribution < -0.4 is 10.2 Å². The predicted octanol–water partition coefficient (Wildman–Crippen LogP) is 0.772. The van der Waals surface area contributed by atoms with E-state index in [0.717, 1.165) is 50.5 Å². The van der Waals surface area contributed by atoms with Gasteiger partial charge in [0.25, 0.3) is 0 Å². The van der Waals surface area contributed by atoms with Crippen LogP contribution in [0, 0.1) is 0 Å². The molecule has 1 saturated heterocycles. The zero-order valence-corrected chi connectivity index (χ0v) is 12.0. The molecular formula is C14H22N4O2. The van der Waals surface area contributed by atoms with Crippen LogP contribution in [0.1, 0.15) is 25.3 Å². The highest BCUT2D eigenvalue weighted by Crippen LogP contribution is 2.08. The quantitative estimate of drug-likeness (QED) is 0.612. The minimum atomic E-state index is -0.211. The highest BCUT2D eigenvalue weighted by atomic mass is 16.5. The van der Waals surface area contributed by atoms with E-state index in [1.165, 1.54) is 0 Å². The van der Waals surface area contributed by atoms with E-state index in [1.807, 2.05) is 0 Å². The Balaban J connectivity index is 1.83. The zero-order valence-electron chi connectivity index (χ0n) is 12.0. The Kier molecular flexibility index (Phi) is 5.73. The molecule has 1 aliphatic heterocycles. The molecule has 6 heteroatoms. The molecule has 1 aromatic rings. The highest BCUT2D eigenvalue weighted by Gasteiger charge is 2.13. The van der Waals surface area contributed by atoms with Crippen LogP contribution in [0.25, 0.3) is 0 Å². The minimum Gasteiger partial charge on any atom is -0.465 e. The lowest BCUT2D eigenvalue weighted by molar-refractivity contribution is -0.142. The van der Waals surface area contributed by atoms with Crippen LogP contribution in [0.15, 0.2) is 12.4 Å². The topological polar surface area (TPSA) is 67.3 Å². The summed E-state index contributed by atoms with van der Waals surface area (Å²) < 4.78 is 5.12. The fraction of sp³-hybridized carbons (Fsp3) is 0.643. The van der Waals surface area contributed by atoms with Crippen molar-refractivity contribution in [2.45, 2.75) is 26.2 Å². The molecule has 6 nitrogen and oxygen atoms in total. The summed E-state index contributed by atoms with van der Waals surface area (Å²) in [4.78, 5) is 22.4. The van der Waals surface area contributed by atoms with Crippen molar-refractivity contribution in [2.75, 3.05) is 37.7 Å². The van der Waals surface area contributed by atoms with E-state index < -0.39 is 0 Å². The number of anilines is 1. The summed E-state index contributed by atoms with van der Waals surface area (Å²) >= 11 is 0. The van der Waals surface area contributed by atoms with Crippen molar-refractivity contribution in [2.24, 2.45) is 0 Å². The summed E-state index contributed by atoms with van der Waals surface area (Å²) in [6, 6.07) is 0. The second-order valence-corrected chi connectivity index (χ2v) is 4.88. The average molecular weight is 278 g/mol. The summed E-state index contributed by atoms with van der Waals surface area (Å²) in [5.41, 5.74) is 0.797. The highest BCUT2D eigenvalue weighted by molar-refractivity contribution is 5.72. The Hall–Kier alpha value is -1.69. The molecule has 0 unspecified atom stereocenters. The second kappa shape index (κ2) is 7.79. The lowest BCUT2D eigenvalue weighted by atomic mass is 10.2. The maximum absolute atomic E-state index is 11.6. The Bertz CT molecular complexity index is 416. The third-order valence-corrected chi connectivity index (χ3v) is 3.20. The molecule has 2 rings (SSSR count). The monoisotopic (exact) mass is 278 g/mol. The van der Waals surface area contributed by atoms with E-state index in [9.17, 15) is 4.79 Å². The van der Waals surface area contributed by atoms with Gasteiger partial charge in [-0.3, -0.25) is 4.79 Å². The molecule has 20 heavy (non-hydrogen) atoms. The molecule has 1 fully saturated rings. The molecule has 0 radical (unpaired) electrons. The number of esters is 1. The number of hydrogen-bond acceptors (Lipinski definition) is 6. The maximum atomic E-state index is 11.6. The molecule has 0 spiro atoms. The first-order valence-electron chi connectivity index (χ1n) is 7.22. The molecular weight excluding hydrogens is 256 g/mol. The van der Waals surface area contributed by atoms with Crippen molar-refractivity contribution < 1.29 is 9.53 Å². The lowest BCUT2D eigenvalue weighted by Gasteiger charge is -2.27. The third kappa shape index (κ3) is 4.45. The first-order chi connectivity index (χ1) is 9.79. The lowest BCUT2D eigenvalue weighted by Crippen LogP contribution is -2.44. The van der Waals surface area contributed by atoms with Gasteiger partial charge in [-0.05, 0) is 6.42 Å². The first kappa shape index (κ1) is 14.7. The number of carbonyl (C=O) groups excluding carboxylic acids is 1. The van der Waals surface area contributed by atoms with Crippen molar-refractivity contribution in [3.8, 4) is 0 Å². The summed E-state index contributed by atoms with van der Waals surface area (Å²) in [6.07, 6.45) is 5.60. The Morgan fingerprint density at radius 3 is 2.70 bits per heavy atom. The SMILES string of the molecule is CCCCOC(=O)Cc1cnc(N2CCNCC2)nc1. The molecule has 110 valence electrons. The minimum absolute atomic E-state index is 0.211. The number of rotatable bonds is 6. The molecule has 1 aromatic heterocycles. The van der Waals surface area contributed by atoms with Gasteiger partial charge < -0.3 is 15.0 Å². The number of nitrogens with zero attached hydrogens (tertiary/aromatic N) is 3. The van der Waals surface area contributed by atoms with Crippen LogP contribution in [0.5, 0.6) is 0 Å². The van der Waals surface area contributed by atoms with Crippen LogP contribution in [-0.4, -0.2) is 48.7 Å². The van der Waals surface area contributed by atoms with Gasteiger partial charge in [-0.25, -0.2) is 9.97 Å². The van der Waals surface area contributed by atoms with Gasteiger partial charge >= 0.3 is 5.97 Å². The van der Waals surface area contributed by atoms with Crippen molar-refractivity contribution in [1.82, 2.24) is 15.3 Å². The first-order valence-corrected chi connectivity index (χ1v) is 7.22. The van der Waals surface area contributed by atoms with Gasteiger partial charge in [0.15, 0.2) is 0 Å². The fourth-order valence-electron chi connectivity index (χ4n) is 2.02. The summed E-state index contributed by atoms with van der Waals surface area (Å²) in [5.74, 6) is 0.520. The van der Waals surface area contributed by atoms with Gasteiger partial charge in [0.2, 0.25) is 5.95 Å². The maximum Gasteiger partial charge on any atom is 0.310 e. The van der Waals surface area contributed by atoms with Crippen molar-refractivity contribution >= 4 is 11.9 Å². The standard InChI is InChI=1S/C14H22N4O2/c1-2-3-8-20-13(19)9-12-10-16-14(17-11-12)18-6-4-15-5-7-18/h10-11,15H,2-9H2,1H3. The van der Waals surface area contributed by atoms with Crippen LogP contribution in [0.2, 0.25) is 0 Å². The summed E-state index contributed by atoms with van der Waals surface area (Å²) in [5, 5.41) is 3.29. The normalized spacial score (nSPS) is 15.2. The van der Waals surface area contributed by atoms with Gasteiger partial charge in [0, 0.05) is 44.1 Å². The smallest absolute Gasteiger partial charge is 0.310 e. The predicted molar refractivity (Wildman–Crippen MR) is 76.7 cm³/mol. The number of unbranched alkanes of at least 4 members (excludes halogenated alkanes) is 1. The molecule has 0 saturated carbocycles. The number of carbonyl (C=O) groups is 1. The molecule has 1 aliphatic rings. The van der Waals surface area contributed by atoms with E-state index in [-0.39, 0.29) is 12.4 Å². The average Bonchev–Trinajstić information content (AvgIpc) is 2.49. The largest absolute Gasteiger partial charge is 0.465 e. The summed E-state index contributed by atoms with van der Waals surface area (Å²) in [7, 11) is 0. The molecule has 0 amide bonds. The second-order valence-electron chi connectivity index (χ2n) is 4.88. The van der Waals surface area contributed by atoms with E-state index in [1.54, 1.807) is 12.4 Å². The Morgan fingerprint density at radius 1 is 1.35 bits per heavy atom. The molecule has 0 aromatic carbocycles. The van der Waals surface area contributed by atoms with Crippen molar-refractivity contribution in [1.29, 1.82) is 0 Å². The number of ether oxygens (including phenoxy) is 1. The molecule has 0 bridgehead atoms.